The van der Waals surface area contributed by atoms with Crippen molar-refractivity contribution >= 4 is 17.4 Å². The second kappa shape index (κ2) is 10.1. The number of hydrogen-bond acceptors (Lipinski definition) is 5. The van der Waals surface area contributed by atoms with Gasteiger partial charge in [0, 0.05) is 6.54 Å². The minimum absolute atomic E-state index is 0.0220. The Kier molecular flexibility index (Phi) is 7.46. The molecular weight excluding hydrogens is 418 g/mol. The van der Waals surface area contributed by atoms with E-state index in [0.29, 0.717) is 29.2 Å². The van der Waals surface area contributed by atoms with E-state index < -0.39 is 17.7 Å². The summed E-state index contributed by atoms with van der Waals surface area (Å²) in [6.07, 6.45) is 1.60. The number of ether oxygens (including phenoxy) is 2. The van der Waals surface area contributed by atoms with E-state index in [9.17, 15) is 14.7 Å². The van der Waals surface area contributed by atoms with Gasteiger partial charge >= 0.3 is 0 Å². The molecule has 6 nitrogen and oxygen atoms in total. The number of unbranched alkanes of at least 4 members (excludes halogenated alkanes) is 1. The summed E-state index contributed by atoms with van der Waals surface area (Å²) in [6.45, 7) is 10.1. The summed E-state index contributed by atoms with van der Waals surface area (Å²) in [6, 6.07) is 10.4. The van der Waals surface area contributed by atoms with E-state index in [1.807, 2.05) is 65.0 Å². The third-order valence-corrected chi connectivity index (χ3v) is 5.72. The largest absolute Gasteiger partial charge is 0.507 e. The Hall–Kier alpha value is -3.28. The van der Waals surface area contributed by atoms with Crippen LogP contribution in [0.2, 0.25) is 0 Å². The van der Waals surface area contributed by atoms with Gasteiger partial charge in [-0.2, -0.15) is 0 Å². The average molecular weight is 452 g/mol. The topological polar surface area (TPSA) is 76.1 Å². The van der Waals surface area contributed by atoms with Crippen molar-refractivity contribution < 1.29 is 24.2 Å². The smallest absolute Gasteiger partial charge is 0.295 e. The summed E-state index contributed by atoms with van der Waals surface area (Å²) < 4.78 is 11.4. The van der Waals surface area contributed by atoms with Gasteiger partial charge in [-0.3, -0.25) is 9.59 Å². The van der Waals surface area contributed by atoms with Gasteiger partial charge < -0.3 is 19.5 Å². The van der Waals surface area contributed by atoms with Gasteiger partial charge in [0.05, 0.1) is 30.4 Å². The summed E-state index contributed by atoms with van der Waals surface area (Å²) in [4.78, 5) is 27.8. The highest BCUT2D eigenvalue weighted by atomic mass is 16.5. The fourth-order valence-electron chi connectivity index (χ4n) is 4.36. The molecule has 33 heavy (non-hydrogen) atoms. The number of hydrogen-bond donors (Lipinski definition) is 1. The van der Waals surface area contributed by atoms with Crippen molar-refractivity contribution in [2.45, 2.75) is 59.6 Å². The van der Waals surface area contributed by atoms with Gasteiger partial charge in [0.2, 0.25) is 0 Å². The number of aryl methyl sites for hydroxylation is 2. The van der Waals surface area contributed by atoms with Crippen LogP contribution >= 0.6 is 0 Å². The van der Waals surface area contributed by atoms with Gasteiger partial charge in [-0.1, -0.05) is 31.5 Å². The van der Waals surface area contributed by atoms with Gasteiger partial charge in [-0.05, 0) is 69.0 Å². The molecule has 1 saturated heterocycles. The Balaban J connectivity index is 2.24. The van der Waals surface area contributed by atoms with Crippen molar-refractivity contribution in [3.8, 4) is 11.5 Å². The molecule has 1 unspecified atom stereocenters. The summed E-state index contributed by atoms with van der Waals surface area (Å²) in [7, 11) is 1.53. The lowest BCUT2D eigenvalue weighted by molar-refractivity contribution is -0.139. The van der Waals surface area contributed by atoms with E-state index in [1.165, 1.54) is 7.11 Å². The molecule has 1 heterocycles. The highest BCUT2D eigenvalue weighted by Crippen LogP contribution is 2.42. The third-order valence-electron chi connectivity index (χ3n) is 5.72. The molecule has 0 aliphatic carbocycles. The van der Waals surface area contributed by atoms with Gasteiger partial charge in [-0.15, -0.1) is 0 Å². The Morgan fingerprint density at radius 2 is 1.88 bits per heavy atom. The molecule has 1 amide bonds. The van der Waals surface area contributed by atoms with Crippen molar-refractivity contribution in [2.75, 3.05) is 13.7 Å². The van der Waals surface area contributed by atoms with Crippen LogP contribution in [0.4, 0.5) is 0 Å². The van der Waals surface area contributed by atoms with E-state index in [-0.39, 0.29) is 17.4 Å². The summed E-state index contributed by atoms with van der Waals surface area (Å²) in [5.74, 6) is -0.393. The number of rotatable bonds is 8. The maximum absolute atomic E-state index is 13.2. The number of aliphatic hydroxyl groups excluding tert-OH is 1. The van der Waals surface area contributed by atoms with Gasteiger partial charge in [0.15, 0.2) is 0 Å². The normalized spacial score (nSPS) is 17.7. The van der Waals surface area contributed by atoms with Crippen molar-refractivity contribution in [2.24, 2.45) is 0 Å². The van der Waals surface area contributed by atoms with Crippen LogP contribution in [0.15, 0.2) is 42.0 Å². The van der Waals surface area contributed by atoms with E-state index in [0.717, 1.165) is 24.0 Å². The van der Waals surface area contributed by atoms with E-state index >= 15 is 0 Å². The summed E-state index contributed by atoms with van der Waals surface area (Å²) in [5, 5.41) is 11.4. The summed E-state index contributed by atoms with van der Waals surface area (Å²) >= 11 is 0. The average Bonchev–Trinajstić information content (AvgIpc) is 3.01. The maximum Gasteiger partial charge on any atom is 0.295 e. The van der Waals surface area contributed by atoms with Crippen LogP contribution < -0.4 is 9.47 Å². The monoisotopic (exact) mass is 451 g/mol. The first kappa shape index (κ1) is 24.4. The predicted molar refractivity (Wildman–Crippen MR) is 129 cm³/mol. The second-order valence-electron chi connectivity index (χ2n) is 8.75. The van der Waals surface area contributed by atoms with Crippen molar-refractivity contribution in [1.29, 1.82) is 0 Å². The molecule has 1 aliphatic heterocycles. The zero-order chi connectivity index (χ0) is 24.3. The fourth-order valence-corrected chi connectivity index (χ4v) is 4.36. The summed E-state index contributed by atoms with van der Waals surface area (Å²) in [5.41, 5.74) is 2.94. The molecular formula is C27H33NO5. The first-order valence-corrected chi connectivity index (χ1v) is 11.4. The minimum atomic E-state index is -0.710. The molecule has 1 atom stereocenters. The first-order valence-electron chi connectivity index (χ1n) is 11.4. The number of benzene rings is 2. The molecule has 176 valence electrons. The Morgan fingerprint density at radius 3 is 2.52 bits per heavy atom. The number of nitrogens with zero attached hydrogens (tertiary/aromatic N) is 1. The number of Topliss-reactive ketones (excluding diaryl/α,β-unsaturated/α-hetero) is 1. The minimum Gasteiger partial charge on any atom is -0.507 e. The van der Waals surface area contributed by atoms with Crippen LogP contribution in [0, 0.1) is 13.8 Å². The molecule has 0 radical (unpaired) electrons. The number of carbonyl (C=O) groups excluding carboxylic acids is 2. The molecule has 2 aromatic rings. The lowest BCUT2D eigenvalue weighted by Gasteiger charge is -2.26. The van der Waals surface area contributed by atoms with Gasteiger partial charge in [0.1, 0.15) is 17.3 Å². The quantitative estimate of drug-likeness (QED) is 0.334. The molecule has 0 bridgehead atoms. The number of amides is 1. The Bertz CT molecular complexity index is 1090. The SMILES string of the molecule is CCCCN1C(=O)C(=O)/C(=C(/O)c2cc(C)cc(C)c2OC)C1c1cccc(OC(C)C)c1. The highest BCUT2D eigenvalue weighted by molar-refractivity contribution is 6.46. The number of methoxy groups -OCH3 is 1. The van der Waals surface area contributed by atoms with E-state index in [4.69, 9.17) is 9.47 Å². The zero-order valence-corrected chi connectivity index (χ0v) is 20.3. The molecule has 1 fully saturated rings. The Morgan fingerprint density at radius 1 is 1.15 bits per heavy atom. The van der Waals surface area contributed by atoms with Crippen LogP contribution in [0.25, 0.3) is 5.76 Å². The number of ketones is 1. The standard InChI is InChI=1S/C27H33NO5/c1-7-8-12-28-23(19-10-9-11-20(15-19)33-16(2)3)22(25(30)27(28)31)24(29)21-14-17(4)13-18(5)26(21)32-6/h9-11,13-16,23,29H,7-8,12H2,1-6H3/b24-22+. The van der Waals surface area contributed by atoms with E-state index in [2.05, 4.69) is 0 Å². The van der Waals surface area contributed by atoms with E-state index in [1.54, 1.807) is 11.0 Å². The first-order chi connectivity index (χ1) is 15.7. The second-order valence-corrected chi connectivity index (χ2v) is 8.75. The van der Waals surface area contributed by atoms with Crippen LogP contribution in [0.3, 0.4) is 0 Å². The molecule has 0 spiro atoms. The Labute approximate surface area is 195 Å². The van der Waals surface area contributed by atoms with Gasteiger partial charge in [-0.25, -0.2) is 0 Å². The molecule has 2 aromatic carbocycles. The van der Waals surface area contributed by atoms with Crippen LogP contribution in [0.1, 0.15) is 61.9 Å². The lowest BCUT2D eigenvalue weighted by Crippen LogP contribution is -2.30. The molecule has 3 rings (SSSR count). The third kappa shape index (κ3) is 4.90. The van der Waals surface area contributed by atoms with Crippen LogP contribution in [0.5, 0.6) is 11.5 Å². The van der Waals surface area contributed by atoms with Crippen LogP contribution in [-0.2, 0) is 9.59 Å². The number of aliphatic hydroxyl groups is 1. The van der Waals surface area contributed by atoms with Crippen molar-refractivity contribution in [3.63, 3.8) is 0 Å². The van der Waals surface area contributed by atoms with Gasteiger partial charge in [0.25, 0.3) is 11.7 Å². The van der Waals surface area contributed by atoms with Crippen molar-refractivity contribution in [3.05, 3.63) is 64.2 Å². The predicted octanol–water partition coefficient (Wildman–Crippen LogP) is 5.32. The lowest BCUT2D eigenvalue weighted by atomic mass is 9.93. The fraction of sp³-hybridized carbons (Fsp3) is 0.407. The number of likely N-dealkylation sites (tertiary alicyclic amines) is 1. The van der Waals surface area contributed by atoms with Crippen LogP contribution in [-0.4, -0.2) is 41.5 Å². The molecule has 0 aromatic heterocycles. The molecule has 0 saturated carbocycles. The molecule has 1 aliphatic rings. The zero-order valence-electron chi connectivity index (χ0n) is 20.3. The number of carbonyl (C=O) groups is 2. The maximum atomic E-state index is 13.2. The van der Waals surface area contributed by atoms with Crippen molar-refractivity contribution in [1.82, 2.24) is 4.90 Å². The highest BCUT2D eigenvalue weighted by Gasteiger charge is 2.46. The molecule has 1 N–H and O–H groups in total. The molecule has 6 heteroatoms.